The van der Waals surface area contributed by atoms with E-state index in [2.05, 4.69) is 0 Å². The van der Waals surface area contributed by atoms with Gasteiger partial charge in [0.25, 0.3) is 0 Å². The van der Waals surface area contributed by atoms with Gasteiger partial charge in [0.05, 0.1) is 0 Å². The summed E-state index contributed by atoms with van der Waals surface area (Å²) in [4.78, 5) is 0.839. The van der Waals surface area contributed by atoms with E-state index in [4.69, 9.17) is 5.73 Å². The Hall–Kier alpha value is -0.590. The van der Waals surface area contributed by atoms with Crippen molar-refractivity contribution < 1.29 is 13.2 Å². The molecule has 0 amide bonds. The van der Waals surface area contributed by atoms with Crippen LogP contribution in [-0.4, -0.2) is 6.18 Å². The van der Waals surface area contributed by atoms with Gasteiger partial charge < -0.3 is 5.73 Å². The number of rotatable bonds is 3. The van der Waals surface area contributed by atoms with Crippen molar-refractivity contribution in [2.45, 2.75) is 25.1 Å². The molecular formula is C10H10F3NS2. The van der Waals surface area contributed by atoms with Gasteiger partial charge in [-0.25, -0.2) is 0 Å². The lowest BCUT2D eigenvalue weighted by Crippen LogP contribution is -2.14. The van der Waals surface area contributed by atoms with Crippen LogP contribution in [0.2, 0.25) is 0 Å². The molecule has 0 aromatic carbocycles. The molecule has 0 aliphatic rings. The Bertz CT molecular complexity index is 443. The number of thiophene rings is 2. The van der Waals surface area contributed by atoms with Crippen LogP contribution in [-0.2, 0) is 0 Å². The molecule has 0 saturated heterocycles. The molecule has 1 unspecified atom stereocenters. The van der Waals surface area contributed by atoms with Gasteiger partial charge in [-0.15, -0.1) is 22.7 Å². The van der Waals surface area contributed by atoms with Crippen molar-refractivity contribution in [2.24, 2.45) is 5.73 Å². The maximum absolute atomic E-state index is 12.0. The third-order valence-corrected chi connectivity index (χ3v) is 4.49. The molecule has 0 saturated carbocycles. The second-order valence-electron chi connectivity index (χ2n) is 3.56. The lowest BCUT2D eigenvalue weighted by atomic mass is 10.1. The molecule has 2 heterocycles. The van der Waals surface area contributed by atoms with E-state index >= 15 is 0 Å². The van der Waals surface area contributed by atoms with E-state index in [9.17, 15) is 13.2 Å². The minimum absolute atomic E-state index is 0.0444. The van der Waals surface area contributed by atoms with Gasteiger partial charge in [-0.3, -0.25) is 0 Å². The van der Waals surface area contributed by atoms with Gasteiger partial charge in [-0.05, 0) is 23.9 Å². The molecule has 0 fully saturated rings. The normalized spacial score (nSPS) is 14.5. The predicted octanol–water partition coefficient (Wildman–Crippen LogP) is 4.31. The van der Waals surface area contributed by atoms with Crippen LogP contribution < -0.4 is 5.73 Å². The molecule has 0 aliphatic heterocycles. The maximum Gasteiger partial charge on any atom is 0.389 e. The fraction of sp³-hybridized carbons (Fsp3) is 0.400. The van der Waals surface area contributed by atoms with Gasteiger partial charge in [-0.1, -0.05) is 0 Å². The SMILES string of the molecule is NC(CCC(F)(F)F)c1cc2sccc2s1. The van der Waals surface area contributed by atoms with Gasteiger partial charge in [0, 0.05) is 26.7 Å². The quantitative estimate of drug-likeness (QED) is 0.879. The first-order valence-corrected chi connectivity index (χ1v) is 6.44. The first-order valence-electron chi connectivity index (χ1n) is 4.75. The summed E-state index contributed by atoms with van der Waals surface area (Å²) in [6, 6.07) is 3.35. The van der Waals surface area contributed by atoms with E-state index in [1.807, 2.05) is 17.5 Å². The van der Waals surface area contributed by atoms with Crippen molar-refractivity contribution >= 4 is 32.1 Å². The van der Waals surface area contributed by atoms with E-state index in [0.717, 1.165) is 14.3 Å². The molecule has 2 N–H and O–H groups in total. The number of fused-ring (bicyclic) bond motifs is 1. The van der Waals surface area contributed by atoms with Crippen molar-refractivity contribution in [1.82, 2.24) is 0 Å². The summed E-state index contributed by atoms with van der Waals surface area (Å²) in [7, 11) is 0. The summed E-state index contributed by atoms with van der Waals surface area (Å²) in [5, 5.41) is 1.96. The van der Waals surface area contributed by atoms with Crippen LogP contribution in [0, 0.1) is 0 Å². The molecule has 2 rings (SSSR count). The summed E-state index contributed by atoms with van der Waals surface area (Å²) >= 11 is 3.06. The first-order chi connectivity index (χ1) is 7.46. The second kappa shape index (κ2) is 4.35. The van der Waals surface area contributed by atoms with E-state index < -0.39 is 18.6 Å². The van der Waals surface area contributed by atoms with Crippen LogP contribution in [0.3, 0.4) is 0 Å². The lowest BCUT2D eigenvalue weighted by molar-refractivity contribution is -0.136. The zero-order valence-electron chi connectivity index (χ0n) is 8.25. The highest BCUT2D eigenvalue weighted by atomic mass is 32.1. The standard InChI is InChI=1S/C10H10F3NS2/c11-10(12,13)3-1-6(14)8-5-9-7(16-8)2-4-15-9/h2,4-6H,1,3,14H2. The molecule has 0 aliphatic carbocycles. The average Bonchev–Trinajstić information content (AvgIpc) is 2.71. The van der Waals surface area contributed by atoms with Crippen LogP contribution in [0.15, 0.2) is 17.5 Å². The molecular weight excluding hydrogens is 255 g/mol. The first kappa shape index (κ1) is 11.9. The van der Waals surface area contributed by atoms with Crippen molar-refractivity contribution in [3.8, 4) is 0 Å². The molecule has 0 spiro atoms. The zero-order valence-corrected chi connectivity index (χ0v) is 9.88. The fourth-order valence-corrected chi connectivity index (χ4v) is 3.58. The molecule has 6 heteroatoms. The molecule has 1 nitrogen and oxygen atoms in total. The van der Waals surface area contributed by atoms with Crippen LogP contribution >= 0.6 is 22.7 Å². The van der Waals surface area contributed by atoms with Crippen molar-refractivity contribution in [2.75, 3.05) is 0 Å². The zero-order chi connectivity index (χ0) is 11.8. The van der Waals surface area contributed by atoms with Gasteiger partial charge in [0.1, 0.15) is 0 Å². The minimum Gasteiger partial charge on any atom is -0.323 e. The maximum atomic E-state index is 12.0. The molecule has 2 aromatic heterocycles. The van der Waals surface area contributed by atoms with Crippen LogP contribution in [0.5, 0.6) is 0 Å². The highest BCUT2D eigenvalue weighted by molar-refractivity contribution is 7.26. The summed E-state index contributed by atoms with van der Waals surface area (Å²) in [6.07, 6.45) is -4.98. The van der Waals surface area contributed by atoms with E-state index in [1.165, 1.54) is 11.3 Å². The number of alkyl halides is 3. The summed E-state index contributed by atoms with van der Waals surface area (Å²) in [5.74, 6) is 0. The molecule has 0 bridgehead atoms. The second-order valence-corrected chi connectivity index (χ2v) is 5.62. The van der Waals surface area contributed by atoms with E-state index in [1.54, 1.807) is 11.3 Å². The van der Waals surface area contributed by atoms with Crippen molar-refractivity contribution in [3.63, 3.8) is 0 Å². The topological polar surface area (TPSA) is 26.0 Å². The van der Waals surface area contributed by atoms with Crippen molar-refractivity contribution in [1.29, 1.82) is 0 Å². The largest absolute Gasteiger partial charge is 0.389 e. The highest BCUT2D eigenvalue weighted by Crippen LogP contribution is 2.35. The van der Waals surface area contributed by atoms with Crippen molar-refractivity contribution in [3.05, 3.63) is 22.4 Å². The molecule has 2 aromatic rings. The summed E-state index contributed by atoms with van der Waals surface area (Å²) in [6.45, 7) is 0. The molecule has 1 atom stereocenters. The summed E-state index contributed by atoms with van der Waals surface area (Å²) in [5.41, 5.74) is 5.74. The third kappa shape index (κ3) is 2.75. The molecule has 88 valence electrons. The smallest absolute Gasteiger partial charge is 0.323 e. The minimum atomic E-state index is -4.12. The van der Waals surface area contributed by atoms with Crippen LogP contribution in [0.4, 0.5) is 13.2 Å². The van der Waals surface area contributed by atoms with E-state index in [0.29, 0.717) is 0 Å². The van der Waals surface area contributed by atoms with Gasteiger partial charge in [-0.2, -0.15) is 13.2 Å². The third-order valence-electron chi connectivity index (χ3n) is 2.26. The number of halogens is 3. The van der Waals surface area contributed by atoms with E-state index in [-0.39, 0.29) is 6.42 Å². The highest BCUT2D eigenvalue weighted by Gasteiger charge is 2.28. The Labute approximate surface area is 98.7 Å². The summed E-state index contributed by atoms with van der Waals surface area (Å²) < 4.78 is 38.3. The van der Waals surface area contributed by atoms with Crippen LogP contribution in [0.1, 0.15) is 23.8 Å². The Morgan fingerprint density at radius 2 is 2.06 bits per heavy atom. The van der Waals surface area contributed by atoms with Gasteiger partial charge in [0.15, 0.2) is 0 Å². The molecule has 16 heavy (non-hydrogen) atoms. The Morgan fingerprint density at radius 3 is 2.69 bits per heavy atom. The average molecular weight is 265 g/mol. The lowest BCUT2D eigenvalue weighted by Gasteiger charge is -2.11. The number of hydrogen-bond acceptors (Lipinski definition) is 3. The van der Waals surface area contributed by atoms with Gasteiger partial charge >= 0.3 is 6.18 Å². The Kier molecular flexibility index (Phi) is 3.23. The predicted molar refractivity (Wildman–Crippen MR) is 61.9 cm³/mol. The van der Waals surface area contributed by atoms with Crippen LogP contribution in [0.25, 0.3) is 9.40 Å². The number of hydrogen-bond donors (Lipinski definition) is 1. The fourth-order valence-electron chi connectivity index (χ4n) is 1.43. The Balaban J connectivity index is 2.04. The number of nitrogens with two attached hydrogens (primary N) is 1. The molecule has 0 radical (unpaired) electrons. The van der Waals surface area contributed by atoms with Gasteiger partial charge in [0.2, 0.25) is 0 Å². The Morgan fingerprint density at radius 1 is 1.31 bits per heavy atom. The monoisotopic (exact) mass is 265 g/mol.